The second kappa shape index (κ2) is 24.1. The van der Waals surface area contributed by atoms with Gasteiger partial charge in [0, 0.05) is 99.2 Å². The molecule has 1 saturated heterocycles. The fourth-order valence-corrected chi connectivity index (χ4v) is 14.7. The summed E-state index contributed by atoms with van der Waals surface area (Å²) in [6.07, 6.45) is 5.44. The van der Waals surface area contributed by atoms with Gasteiger partial charge in [-0.1, -0.05) is 58.0 Å². The highest BCUT2D eigenvalue weighted by Gasteiger charge is 2.41. The average molecular weight is 1140 g/mol. The third kappa shape index (κ3) is 12.1. The largest absolute Gasteiger partial charge is 0.493 e. The number of thioether (sulfide) groups is 1. The lowest BCUT2D eigenvalue weighted by Gasteiger charge is -2.25. The Labute approximate surface area is 480 Å². The molecule has 1 unspecified atom stereocenters. The predicted octanol–water partition coefficient (Wildman–Crippen LogP) is 9.47. The Morgan fingerprint density at radius 2 is 1.29 bits per heavy atom. The summed E-state index contributed by atoms with van der Waals surface area (Å²) in [5, 5.41) is 5.65. The van der Waals surface area contributed by atoms with E-state index < -0.39 is 0 Å². The highest BCUT2D eigenvalue weighted by molar-refractivity contribution is 8.77. The normalized spacial score (nSPS) is 18.2. The summed E-state index contributed by atoms with van der Waals surface area (Å²) >= 11 is 1.37. The Hall–Kier alpha value is -6.83. The van der Waals surface area contributed by atoms with Crippen LogP contribution in [0.2, 0.25) is 0 Å². The molecular formula is C61H69N7O9S3. The lowest BCUT2D eigenvalue weighted by molar-refractivity contribution is -0.138. The van der Waals surface area contributed by atoms with Crippen molar-refractivity contribution in [3.8, 4) is 17.2 Å². The number of nitrogens with zero attached hydrogens (tertiary/aromatic N) is 5. The Balaban J connectivity index is 0.804. The van der Waals surface area contributed by atoms with Gasteiger partial charge in [0.05, 0.1) is 46.9 Å². The number of para-hydroxylation sites is 2. The van der Waals surface area contributed by atoms with Gasteiger partial charge in [-0.25, -0.2) is 0 Å². The number of likely N-dealkylation sites (N-methyl/N-ethyl adjacent to an activating group) is 2. The summed E-state index contributed by atoms with van der Waals surface area (Å²) < 4.78 is 18.8. The minimum atomic E-state index is -0.338. The van der Waals surface area contributed by atoms with E-state index in [2.05, 4.69) is 46.4 Å². The molecule has 6 amide bonds. The monoisotopic (exact) mass is 1140 g/mol. The van der Waals surface area contributed by atoms with E-state index in [9.17, 15) is 28.8 Å². The number of aryl methyl sites for hydroxylation is 1. The highest BCUT2D eigenvalue weighted by Crippen LogP contribution is 2.44. The first-order valence-corrected chi connectivity index (χ1v) is 30.8. The summed E-state index contributed by atoms with van der Waals surface area (Å²) in [7, 11) is 8.93. The van der Waals surface area contributed by atoms with Gasteiger partial charge in [-0.15, -0.1) is 0 Å². The van der Waals surface area contributed by atoms with E-state index >= 15 is 0 Å². The lowest BCUT2D eigenvalue weighted by Crippen LogP contribution is -2.41. The summed E-state index contributed by atoms with van der Waals surface area (Å²) in [6.45, 7) is 8.15. The molecule has 420 valence electrons. The van der Waals surface area contributed by atoms with Crippen LogP contribution in [0.15, 0.2) is 91.0 Å². The van der Waals surface area contributed by atoms with E-state index in [0.717, 1.165) is 63.6 Å². The molecule has 80 heavy (non-hydrogen) atoms. The number of hydrogen-bond donors (Lipinski definition) is 2. The summed E-state index contributed by atoms with van der Waals surface area (Å²) in [4.78, 5) is 88.9. The molecule has 3 atom stereocenters. The molecule has 1 fully saturated rings. The van der Waals surface area contributed by atoms with Gasteiger partial charge in [0.15, 0.2) is 11.5 Å². The molecule has 0 bridgehead atoms. The molecule has 5 aromatic rings. The zero-order chi connectivity index (χ0) is 56.4. The van der Waals surface area contributed by atoms with Crippen LogP contribution in [-0.4, -0.2) is 122 Å². The van der Waals surface area contributed by atoms with Crippen LogP contribution in [-0.2, 0) is 45.2 Å². The number of imide groups is 1. The average Bonchev–Trinajstić information content (AvgIpc) is 4.25. The number of anilines is 5. The molecule has 0 radical (unpaired) electrons. The number of likely N-dealkylation sites (tertiary alicyclic amines) is 1. The van der Waals surface area contributed by atoms with E-state index in [1.165, 1.54) is 22.2 Å². The second-order valence-corrected chi connectivity index (χ2v) is 26.0. The van der Waals surface area contributed by atoms with Crippen LogP contribution in [0.3, 0.4) is 0 Å². The molecule has 5 aromatic carbocycles. The maximum absolute atomic E-state index is 14.3. The number of ether oxygens (including phenoxy) is 3. The SMILES string of the molecule is COc1cc2c(cc1OCc1cc(COc3cc4c(cc3C)C(=O)N3c5ccccc5C[C@H]3CN4C)cc(NC(=O)CCC(C)(C)SSCCCC(=O)NCCN3C(=O)CC(SC)C3=O)c1)N(C)C[C@@H]1Cc3ccccc3N1C2=O. The fourth-order valence-electron chi connectivity index (χ4n) is 11.4. The van der Waals surface area contributed by atoms with E-state index in [0.29, 0.717) is 66.4 Å². The molecule has 16 nitrogen and oxygen atoms in total. The highest BCUT2D eigenvalue weighted by atomic mass is 33.1. The van der Waals surface area contributed by atoms with Crippen molar-refractivity contribution >= 4 is 97.2 Å². The first kappa shape index (κ1) is 56.4. The van der Waals surface area contributed by atoms with Crippen LogP contribution in [0.4, 0.5) is 28.4 Å². The van der Waals surface area contributed by atoms with Crippen LogP contribution >= 0.6 is 33.3 Å². The van der Waals surface area contributed by atoms with E-state index in [1.807, 2.05) is 110 Å². The molecule has 0 spiro atoms. The minimum Gasteiger partial charge on any atom is -0.493 e. The Morgan fingerprint density at radius 1 is 0.700 bits per heavy atom. The van der Waals surface area contributed by atoms with Gasteiger partial charge in [-0.05, 0) is 123 Å². The number of rotatable bonds is 21. The van der Waals surface area contributed by atoms with Gasteiger partial charge in [0.1, 0.15) is 19.0 Å². The number of benzene rings is 5. The number of amides is 6. The van der Waals surface area contributed by atoms with Crippen molar-refractivity contribution in [2.75, 3.05) is 84.3 Å². The van der Waals surface area contributed by atoms with Crippen molar-refractivity contribution < 1.29 is 43.0 Å². The third-order valence-electron chi connectivity index (χ3n) is 15.5. The minimum absolute atomic E-state index is 0.0157. The molecule has 0 aromatic heterocycles. The van der Waals surface area contributed by atoms with Crippen LogP contribution < -0.4 is 44.4 Å². The molecule has 5 heterocycles. The number of nitrogens with one attached hydrogen (secondary N) is 2. The van der Waals surface area contributed by atoms with Gasteiger partial charge in [-0.3, -0.25) is 33.7 Å². The van der Waals surface area contributed by atoms with Crippen molar-refractivity contribution in [1.82, 2.24) is 10.2 Å². The zero-order valence-corrected chi connectivity index (χ0v) is 48.9. The van der Waals surface area contributed by atoms with E-state index in [-0.39, 0.29) is 96.7 Å². The molecular weight excluding hydrogens is 1070 g/mol. The number of fused-ring (bicyclic) bond motifs is 8. The third-order valence-corrected chi connectivity index (χ3v) is 19.9. The molecule has 10 rings (SSSR count). The van der Waals surface area contributed by atoms with Gasteiger partial charge in [0.2, 0.25) is 23.6 Å². The molecule has 0 saturated carbocycles. The second-order valence-electron chi connectivity index (χ2n) is 21.8. The lowest BCUT2D eigenvalue weighted by atomic mass is 10.1. The number of carbonyl (C=O) groups excluding carboxylic acids is 6. The number of hydrogen-bond acceptors (Lipinski definition) is 14. The number of methoxy groups -OCH3 is 1. The van der Waals surface area contributed by atoms with E-state index in [4.69, 9.17) is 14.2 Å². The van der Waals surface area contributed by atoms with Crippen LogP contribution in [0, 0.1) is 6.92 Å². The van der Waals surface area contributed by atoms with Crippen LogP contribution in [0.25, 0.3) is 0 Å². The van der Waals surface area contributed by atoms with Crippen LogP contribution in [0.1, 0.15) is 94.5 Å². The Bertz CT molecular complexity index is 3250. The van der Waals surface area contributed by atoms with Crippen molar-refractivity contribution in [2.45, 2.75) is 101 Å². The Morgan fingerprint density at radius 3 is 1.89 bits per heavy atom. The smallest absolute Gasteiger partial charge is 0.260 e. The number of carbonyl (C=O) groups is 6. The fraction of sp³-hybridized carbons (Fsp3) is 0.410. The zero-order valence-electron chi connectivity index (χ0n) is 46.4. The molecule has 2 N–H and O–H groups in total. The van der Waals surface area contributed by atoms with Crippen molar-refractivity contribution in [3.63, 3.8) is 0 Å². The summed E-state index contributed by atoms with van der Waals surface area (Å²) in [6, 6.07) is 29.5. The topological polar surface area (TPSA) is 170 Å². The maximum atomic E-state index is 14.3. The molecule has 5 aliphatic rings. The molecule has 0 aliphatic carbocycles. The van der Waals surface area contributed by atoms with Crippen molar-refractivity contribution in [2.24, 2.45) is 0 Å². The summed E-state index contributed by atoms with van der Waals surface area (Å²) in [5.74, 6) is 1.52. The van der Waals surface area contributed by atoms with Crippen molar-refractivity contribution in [1.29, 1.82) is 0 Å². The van der Waals surface area contributed by atoms with E-state index in [1.54, 1.807) is 34.8 Å². The Kier molecular flexibility index (Phi) is 17.0. The first-order valence-electron chi connectivity index (χ1n) is 27.2. The van der Waals surface area contributed by atoms with Crippen LogP contribution in [0.5, 0.6) is 17.2 Å². The first-order chi connectivity index (χ1) is 38.5. The quantitative estimate of drug-likeness (QED) is 0.0405. The van der Waals surface area contributed by atoms with Crippen molar-refractivity contribution in [3.05, 3.63) is 130 Å². The summed E-state index contributed by atoms with van der Waals surface area (Å²) in [5.41, 5.74) is 9.92. The van der Waals surface area contributed by atoms with Gasteiger partial charge < -0.3 is 44.4 Å². The standard InChI is InChI=1S/C61H69N7O9S3/c1-37-23-45-49(64(4)33-43-27-40-13-8-10-15-47(40)67(43)58(45)72)30-51(37)76-35-38-24-39(36-77-53-31-50-46(29-52(53)75-6)59(73)68-44(34-65(50)5)28-41-14-9-11-16-48(41)68)26-42(25-38)63-56(70)18-19-61(2,3)80-79-22-12-17-55(69)62-20-21-66-57(71)32-54(78-7)60(66)74/h8-11,13-16,23-26,29-31,43-44,54H,12,17-22,27-28,32-36H2,1-7H3,(H,62,69)(H,63,70)/t43-,44-,54?/m0/s1. The van der Waals surface area contributed by atoms with Gasteiger partial charge >= 0.3 is 0 Å². The maximum Gasteiger partial charge on any atom is 0.260 e. The van der Waals surface area contributed by atoms with Gasteiger partial charge in [-0.2, -0.15) is 11.8 Å². The predicted molar refractivity (Wildman–Crippen MR) is 320 cm³/mol. The molecule has 19 heteroatoms. The molecule has 5 aliphatic heterocycles. The van der Waals surface area contributed by atoms with Gasteiger partial charge in [0.25, 0.3) is 11.8 Å².